The molecule has 0 fully saturated rings. The van der Waals surface area contributed by atoms with Crippen LogP contribution in [-0.4, -0.2) is 12.1 Å². The number of rotatable bonds is 7. The third-order valence-electron chi connectivity index (χ3n) is 2.44. The lowest BCUT2D eigenvalue weighted by atomic mass is 9.98. The van der Waals surface area contributed by atoms with Crippen LogP contribution in [0.15, 0.2) is 0 Å². The minimum absolute atomic E-state index is 0.339. The van der Waals surface area contributed by atoms with Crippen molar-refractivity contribution in [3.05, 3.63) is 0 Å². The SMILES string of the molecule is CCCC(C)(C)NCCCC(C)C. The lowest BCUT2D eigenvalue weighted by Gasteiger charge is -2.26. The highest BCUT2D eigenvalue weighted by molar-refractivity contribution is 4.76. The second kappa shape index (κ2) is 6.42. The smallest absolute Gasteiger partial charge is 0.0125 e. The van der Waals surface area contributed by atoms with Crippen molar-refractivity contribution in [2.24, 2.45) is 5.92 Å². The van der Waals surface area contributed by atoms with Crippen molar-refractivity contribution >= 4 is 0 Å². The standard InChI is InChI=1S/C12H27N/c1-6-9-12(4,5)13-10-7-8-11(2)3/h11,13H,6-10H2,1-5H3. The summed E-state index contributed by atoms with van der Waals surface area (Å²) in [4.78, 5) is 0. The van der Waals surface area contributed by atoms with Crippen molar-refractivity contribution < 1.29 is 0 Å². The predicted octanol–water partition coefficient (Wildman–Crippen LogP) is 3.59. The van der Waals surface area contributed by atoms with Gasteiger partial charge in [-0.2, -0.15) is 0 Å². The highest BCUT2D eigenvalue weighted by Gasteiger charge is 2.14. The first kappa shape index (κ1) is 13.0. The van der Waals surface area contributed by atoms with Gasteiger partial charge < -0.3 is 5.32 Å². The average Bonchev–Trinajstić information content (AvgIpc) is 1.98. The van der Waals surface area contributed by atoms with Crippen molar-refractivity contribution in [2.75, 3.05) is 6.54 Å². The number of hydrogen-bond donors (Lipinski definition) is 1. The lowest BCUT2D eigenvalue weighted by molar-refractivity contribution is 0.350. The van der Waals surface area contributed by atoms with Crippen LogP contribution in [0, 0.1) is 5.92 Å². The Bertz CT molecular complexity index is 116. The van der Waals surface area contributed by atoms with Crippen LogP contribution < -0.4 is 5.32 Å². The van der Waals surface area contributed by atoms with Crippen LogP contribution in [0.1, 0.15) is 60.3 Å². The van der Waals surface area contributed by atoms with Crippen molar-refractivity contribution in [3.8, 4) is 0 Å². The van der Waals surface area contributed by atoms with Gasteiger partial charge in [-0.1, -0.05) is 27.2 Å². The summed E-state index contributed by atoms with van der Waals surface area (Å²) < 4.78 is 0. The van der Waals surface area contributed by atoms with E-state index in [1.54, 1.807) is 0 Å². The monoisotopic (exact) mass is 185 g/mol. The average molecular weight is 185 g/mol. The van der Waals surface area contributed by atoms with E-state index in [4.69, 9.17) is 0 Å². The van der Waals surface area contributed by atoms with Gasteiger partial charge in [0.05, 0.1) is 0 Å². The van der Waals surface area contributed by atoms with Gasteiger partial charge in [0.1, 0.15) is 0 Å². The fourth-order valence-electron chi connectivity index (χ4n) is 1.65. The van der Waals surface area contributed by atoms with Crippen molar-refractivity contribution in [1.82, 2.24) is 5.32 Å². The molecule has 0 radical (unpaired) electrons. The van der Waals surface area contributed by atoms with Crippen molar-refractivity contribution in [1.29, 1.82) is 0 Å². The molecule has 0 bridgehead atoms. The van der Waals surface area contributed by atoms with Gasteiger partial charge in [-0.25, -0.2) is 0 Å². The molecule has 0 saturated heterocycles. The normalized spacial score (nSPS) is 12.5. The Kier molecular flexibility index (Phi) is 6.40. The molecule has 0 aromatic rings. The molecule has 0 aromatic carbocycles. The lowest BCUT2D eigenvalue weighted by Crippen LogP contribution is -2.39. The van der Waals surface area contributed by atoms with E-state index in [-0.39, 0.29) is 0 Å². The third-order valence-corrected chi connectivity index (χ3v) is 2.44. The molecule has 13 heavy (non-hydrogen) atoms. The molecule has 0 heterocycles. The molecule has 1 N–H and O–H groups in total. The van der Waals surface area contributed by atoms with Gasteiger partial charge in [0.15, 0.2) is 0 Å². The Morgan fingerprint density at radius 3 is 2.31 bits per heavy atom. The van der Waals surface area contributed by atoms with Crippen LogP contribution in [0.3, 0.4) is 0 Å². The maximum atomic E-state index is 3.62. The van der Waals surface area contributed by atoms with E-state index in [1.807, 2.05) is 0 Å². The molecule has 1 heteroatoms. The van der Waals surface area contributed by atoms with Crippen molar-refractivity contribution in [2.45, 2.75) is 65.8 Å². The largest absolute Gasteiger partial charge is 0.312 e. The Balaban J connectivity index is 3.40. The van der Waals surface area contributed by atoms with Gasteiger partial charge in [0.25, 0.3) is 0 Å². The molecule has 0 saturated carbocycles. The predicted molar refractivity (Wildman–Crippen MR) is 61.1 cm³/mol. The minimum atomic E-state index is 0.339. The molecule has 80 valence electrons. The van der Waals surface area contributed by atoms with Gasteiger partial charge in [-0.3, -0.25) is 0 Å². The molecule has 0 rings (SSSR count). The summed E-state index contributed by atoms with van der Waals surface area (Å²) in [5, 5.41) is 3.62. The Labute approximate surface area is 84.3 Å². The van der Waals surface area contributed by atoms with Gasteiger partial charge in [0, 0.05) is 5.54 Å². The fraction of sp³-hybridized carbons (Fsp3) is 1.00. The maximum absolute atomic E-state index is 3.62. The van der Waals surface area contributed by atoms with E-state index in [9.17, 15) is 0 Å². The Hall–Kier alpha value is -0.0400. The summed E-state index contributed by atoms with van der Waals surface area (Å²) in [5.74, 6) is 0.844. The molecule has 0 aliphatic heterocycles. The molecular formula is C12H27N. The maximum Gasteiger partial charge on any atom is 0.0125 e. The summed E-state index contributed by atoms with van der Waals surface area (Å²) >= 11 is 0. The van der Waals surface area contributed by atoms with Gasteiger partial charge in [-0.15, -0.1) is 0 Å². The topological polar surface area (TPSA) is 12.0 Å². The number of nitrogens with one attached hydrogen (secondary N) is 1. The van der Waals surface area contributed by atoms with Crippen LogP contribution >= 0.6 is 0 Å². The molecule has 0 aliphatic carbocycles. The molecule has 1 nitrogen and oxygen atoms in total. The summed E-state index contributed by atoms with van der Waals surface area (Å²) in [6.45, 7) is 12.6. The minimum Gasteiger partial charge on any atom is -0.312 e. The molecular weight excluding hydrogens is 158 g/mol. The molecule has 0 unspecified atom stereocenters. The second-order valence-corrected chi connectivity index (χ2v) is 5.10. The molecule has 0 amide bonds. The summed E-state index contributed by atoms with van der Waals surface area (Å²) in [5.41, 5.74) is 0.339. The Morgan fingerprint density at radius 2 is 1.85 bits per heavy atom. The summed E-state index contributed by atoms with van der Waals surface area (Å²) in [6.07, 6.45) is 5.19. The highest BCUT2D eigenvalue weighted by Crippen LogP contribution is 2.11. The first-order valence-electron chi connectivity index (χ1n) is 5.73. The fourth-order valence-corrected chi connectivity index (χ4v) is 1.65. The zero-order valence-electron chi connectivity index (χ0n) is 10.1. The first-order chi connectivity index (χ1) is 5.98. The van der Waals surface area contributed by atoms with Crippen molar-refractivity contribution in [3.63, 3.8) is 0 Å². The van der Waals surface area contributed by atoms with E-state index >= 15 is 0 Å². The zero-order chi connectivity index (χ0) is 10.3. The van der Waals surface area contributed by atoms with E-state index < -0.39 is 0 Å². The van der Waals surface area contributed by atoms with Gasteiger partial charge >= 0.3 is 0 Å². The molecule has 0 atom stereocenters. The van der Waals surface area contributed by atoms with Gasteiger partial charge in [0.2, 0.25) is 0 Å². The molecule has 0 aromatic heterocycles. The van der Waals surface area contributed by atoms with Crippen LogP contribution in [0.5, 0.6) is 0 Å². The molecule has 0 aliphatic rings. The third kappa shape index (κ3) is 8.29. The summed E-state index contributed by atoms with van der Waals surface area (Å²) in [6, 6.07) is 0. The quantitative estimate of drug-likeness (QED) is 0.598. The highest BCUT2D eigenvalue weighted by atomic mass is 14.9. The van der Waals surface area contributed by atoms with E-state index in [0.29, 0.717) is 5.54 Å². The van der Waals surface area contributed by atoms with Gasteiger partial charge in [-0.05, 0) is 45.6 Å². The first-order valence-corrected chi connectivity index (χ1v) is 5.73. The van der Waals surface area contributed by atoms with E-state index in [0.717, 1.165) is 5.92 Å². The zero-order valence-corrected chi connectivity index (χ0v) is 10.1. The second-order valence-electron chi connectivity index (χ2n) is 5.10. The van der Waals surface area contributed by atoms with Crippen LogP contribution in [0.25, 0.3) is 0 Å². The summed E-state index contributed by atoms with van der Waals surface area (Å²) in [7, 11) is 0. The van der Waals surface area contributed by atoms with Crippen LogP contribution in [-0.2, 0) is 0 Å². The Morgan fingerprint density at radius 1 is 1.23 bits per heavy atom. The van der Waals surface area contributed by atoms with Crippen LogP contribution in [0.4, 0.5) is 0 Å². The number of hydrogen-bond acceptors (Lipinski definition) is 1. The van der Waals surface area contributed by atoms with E-state index in [2.05, 4.69) is 39.9 Å². The molecule has 0 spiro atoms. The van der Waals surface area contributed by atoms with Crippen LogP contribution in [0.2, 0.25) is 0 Å². The van der Waals surface area contributed by atoms with E-state index in [1.165, 1.54) is 32.2 Å².